The third-order valence-electron chi connectivity index (χ3n) is 4.33. The number of amides is 2. The summed E-state index contributed by atoms with van der Waals surface area (Å²) in [4.78, 5) is 27.9. The third-order valence-corrected chi connectivity index (χ3v) is 4.33. The molecule has 1 saturated heterocycles. The number of hydrogen-bond acceptors (Lipinski definition) is 3. The first kappa shape index (κ1) is 17.8. The number of benzene rings is 2. The van der Waals surface area contributed by atoms with Crippen molar-refractivity contribution in [3.05, 3.63) is 59.7 Å². The summed E-state index contributed by atoms with van der Waals surface area (Å²) in [5.41, 5.74) is 1.60. The van der Waals surface area contributed by atoms with E-state index in [-0.39, 0.29) is 0 Å². The molecule has 7 heteroatoms. The lowest BCUT2D eigenvalue weighted by atomic mass is 10.2. The van der Waals surface area contributed by atoms with Gasteiger partial charge in [0.1, 0.15) is 17.3 Å². The van der Waals surface area contributed by atoms with E-state index < -0.39 is 29.1 Å². The molecule has 0 unspecified atom stereocenters. The zero-order valence-corrected chi connectivity index (χ0v) is 14.3. The van der Waals surface area contributed by atoms with Crippen molar-refractivity contribution in [3.63, 3.8) is 0 Å². The lowest BCUT2D eigenvalue weighted by molar-refractivity contribution is -0.143. The Bertz CT molecular complexity index is 813. The van der Waals surface area contributed by atoms with E-state index in [1.165, 1.54) is 11.0 Å². The van der Waals surface area contributed by atoms with Crippen molar-refractivity contribution >= 4 is 23.2 Å². The topological polar surface area (TPSA) is 52.7 Å². The molecular weight excluding hydrogens is 340 g/mol. The third kappa shape index (κ3) is 3.82. The number of carbonyl (C=O) groups excluding carboxylic acids is 2. The lowest BCUT2D eigenvalue weighted by Gasteiger charge is -2.35. The van der Waals surface area contributed by atoms with E-state index in [0.29, 0.717) is 26.2 Å². The number of anilines is 2. The van der Waals surface area contributed by atoms with Gasteiger partial charge < -0.3 is 15.1 Å². The summed E-state index contributed by atoms with van der Waals surface area (Å²) in [5, 5.41) is 2.03. The highest BCUT2D eigenvalue weighted by Crippen LogP contribution is 2.19. The molecule has 0 saturated carbocycles. The second-order valence-corrected chi connectivity index (χ2v) is 6.17. The van der Waals surface area contributed by atoms with Crippen LogP contribution in [0.4, 0.5) is 20.2 Å². The van der Waals surface area contributed by atoms with Crippen LogP contribution in [0.5, 0.6) is 0 Å². The van der Waals surface area contributed by atoms with E-state index in [9.17, 15) is 18.4 Å². The Hall–Kier alpha value is -2.96. The van der Waals surface area contributed by atoms with E-state index in [1.807, 2.05) is 30.4 Å². The van der Waals surface area contributed by atoms with Crippen molar-refractivity contribution in [2.24, 2.45) is 0 Å². The first-order valence-corrected chi connectivity index (χ1v) is 8.31. The molecule has 26 heavy (non-hydrogen) atoms. The van der Waals surface area contributed by atoms with Gasteiger partial charge in [-0.1, -0.05) is 18.2 Å². The van der Waals surface area contributed by atoms with Crippen LogP contribution in [0.15, 0.2) is 42.5 Å². The van der Waals surface area contributed by atoms with Crippen molar-refractivity contribution in [2.45, 2.75) is 6.92 Å². The maximum Gasteiger partial charge on any atom is 0.314 e. The van der Waals surface area contributed by atoms with Crippen LogP contribution in [-0.2, 0) is 9.59 Å². The molecule has 0 aromatic heterocycles. The van der Waals surface area contributed by atoms with Crippen LogP contribution in [0, 0.1) is 18.6 Å². The van der Waals surface area contributed by atoms with Crippen molar-refractivity contribution < 1.29 is 18.4 Å². The van der Waals surface area contributed by atoms with Crippen molar-refractivity contribution in [1.82, 2.24) is 4.90 Å². The Morgan fingerprint density at radius 2 is 1.58 bits per heavy atom. The maximum atomic E-state index is 13.6. The Morgan fingerprint density at radius 1 is 0.962 bits per heavy atom. The Labute approximate surface area is 150 Å². The van der Waals surface area contributed by atoms with Gasteiger partial charge in [-0.05, 0) is 36.8 Å². The predicted octanol–water partition coefficient (Wildman–Crippen LogP) is 2.56. The normalized spacial score (nSPS) is 14.3. The first-order valence-electron chi connectivity index (χ1n) is 8.31. The largest absolute Gasteiger partial charge is 0.368 e. The number of piperazine rings is 1. The summed E-state index contributed by atoms with van der Waals surface area (Å²) in [5.74, 6) is -3.68. The minimum absolute atomic E-state index is 0.361. The van der Waals surface area contributed by atoms with Gasteiger partial charge in [0.15, 0.2) is 0 Å². The van der Waals surface area contributed by atoms with Gasteiger partial charge in [0.2, 0.25) is 0 Å². The van der Waals surface area contributed by atoms with Crippen LogP contribution in [0.1, 0.15) is 5.56 Å². The highest BCUT2D eigenvalue weighted by molar-refractivity contribution is 6.39. The summed E-state index contributed by atoms with van der Waals surface area (Å²) >= 11 is 0. The number of nitrogens with zero attached hydrogens (tertiary/aromatic N) is 2. The van der Waals surface area contributed by atoms with Crippen LogP contribution in [-0.4, -0.2) is 42.9 Å². The molecule has 0 atom stereocenters. The number of aryl methyl sites for hydroxylation is 1. The zero-order chi connectivity index (χ0) is 18.7. The molecule has 1 aliphatic rings. The monoisotopic (exact) mass is 359 g/mol. The lowest BCUT2D eigenvalue weighted by Crippen LogP contribution is -2.51. The Kier molecular flexibility index (Phi) is 5.16. The molecule has 1 N–H and O–H groups in total. The van der Waals surface area contributed by atoms with Gasteiger partial charge >= 0.3 is 11.8 Å². The second-order valence-electron chi connectivity index (χ2n) is 6.17. The average Bonchev–Trinajstić information content (AvgIpc) is 2.64. The van der Waals surface area contributed by atoms with Crippen LogP contribution in [0.2, 0.25) is 0 Å². The summed E-state index contributed by atoms with van der Waals surface area (Å²) in [6.07, 6.45) is 0. The minimum atomic E-state index is -1.04. The minimum Gasteiger partial charge on any atom is -0.368 e. The molecule has 0 aliphatic carbocycles. The molecule has 1 fully saturated rings. The van der Waals surface area contributed by atoms with Crippen LogP contribution < -0.4 is 10.2 Å². The number of para-hydroxylation sites is 1. The number of hydrogen-bond donors (Lipinski definition) is 1. The molecule has 2 aromatic rings. The fraction of sp³-hybridized carbons (Fsp3) is 0.263. The van der Waals surface area contributed by atoms with E-state index >= 15 is 0 Å². The average molecular weight is 359 g/mol. The van der Waals surface area contributed by atoms with Gasteiger partial charge in [-0.25, -0.2) is 8.78 Å². The molecule has 0 radical (unpaired) electrons. The van der Waals surface area contributed by atoms with Gasteiger partial charge in [-0.15, -0.1) is 0 Å². The number of rotatable bonds is 2. The molecule has 0 spiro atoms. The van der Waals surface area contributed by atoms with E-state index in [0.717, 1.165) is 23.4 Å². The van der Waals surface area contributed by atoms with Gasteiger partial charge in [-0.2, -0.15) is 0 Å². The molecule has 0 bridgehead atoms. The van der Waals surface area contributed by atoms with Crippen LogP contribution >= 0.6 is 0 Å². The Balaban J connectivity index is 1.60. The van der Waals surface area contributed by atoms with Crippen LogP contribution in [0.25, 0.3) is 0 Å². The highest BCUT2D eigenvalue weighted by atomic mass is 19.1. The molecule has 2 aromatic carbocycles. The van der Waals surface area contributed by atoms with Crippen molar-refractivity contribution in [3.8, 4) is 0 Å². The smallest absolute Gasteiger partial charge is 0.314 e. The fourth-order valence-corrected chi connectivity index (χ4v) is 2.92. The first-order chi connectivity index (χ1) is 12.5. The second kappa shape index (κ2) is 7.51. The molecular formula is C19H19F2N3O2. The predicted molar refractivity (Wildman–Crippen MR) is 95.0 cm³/mol. The van der Waals surface area contributed by atoms with E-state index in [4.69, 9.17) is 0 Å². The van der Waals surface area contributed by atoms with E-state index in [2.05, 4.69) is 11.0 Å². The van der Waals surface area contributed by atoms with Crippen LogP contribution in [0.3, 0.4) is 0 Å². The zero-order valence-electron chi connectivity index (χ0n) is 14.3. The maximum absolute atomic E-state index is 13.6. The quantitative estimate of drug-likeness (QED) is 0.839. The molecule has 1 heterocycles. The highest BCUT2D eigenvalue weighted by Gasteiger charge is 2.27. The number of carbonyl (C=O) groups is 2. The van der Waals surface area contributed by atoms with Gasteiger partial charge in [0.25, 0.3) is 0 Å². The molecule has 2 amide bonds. The van der Waals surface area contributed by atoms with Gasteiger partial charge in [-0.3, -0.25) is 9.59 Å². The standard InChI is InChI=1S/C19H19F2N3O2/c1-13-4-2-5-14(12-13)23-8-10-24(11-9-23)19(26)18(25)22-17-15(20)6-3-7-16(17)21/h2-7,12H,8-11H2,1H3,(H,22,25). The summed E-state index contributed by atoms with van der Waals surface area (Å²) in [7, 11) is 0. The molecule has 1 aliphatic heterocycles. The SMILES string of the molecule is Cc1cccc(N2CCN(C(=O)C(=O)Nc3c(F)cccc3F)CC2)c1. The molecule has 5 nitrogen and oxygen atoms in total. The van der Waals surface area contributed by atoms with E-state index in [1.54, 1.807) is 0 Å². The number of halogens is 2. The number of nitrogens with one attached hydrogen (secondary N) is 1. The molecule has 136 valence electrons. The summed E-state index contributed by atoms with van der Waals surface area (Å²) in [6, 6.07) is 11.3. The fourth-order valence-electron chi connectivity index (χ4n) is 2.92. The molecule has 3 rings (SSSR count). The van der Waals surface area contributed by atoms with Crippen molar-refractivity contribution in [1.29, 1.82) is 0 Å². The van der Waals surface area contributed by atoms with Gasteiger partial charge in [0, 0.05) is 31.9 Å². The van der Waals surface area contributed by atoms with Crippen molar-refractivity contribution in [2.75, 3.05) is 36.4 Å². The summed E-state index contributed by atoms with van der Waals surface area (Å²) in [6.45, 7) is 3.89. The summed E-state index contributed by atoms with van der Waals surface area (Å²) < 4.78 is 27.2. The van der Waals surface area contributed by atoms with Gasteiger partial charge in [0.05, 0.1) is 0 Å². The Morgan fingerprint density at radius 3 is 2.19 bits per heavy atom.